The summed E-state index contributed by atoms with van der Waals surface area (Å²) in [4.78, 5) is 27.3. The third kappa shape index (κ3) is 4.62. The zero-order chi connectivity index (χ0) is 21.1. The number of hydrogen-bond acceptors (Lipinski definition) is 3. The molecule has 0 spiro atoms. The average Bonchev–Trinajstić information content (AvgIpc) is 3.37. The number of halogens is 2. The van der Waals surface area contributed by atoms with E-state index in [1.165, 1.54) is 12.1 Å². The summed E-state index contributed by atoms with van der Waals surface area (Å²) < 4.78 is 19.2. The molecule has 2 heterocycles. The lowest BCUT2D eigenvalue weighted by Gasteiger charge is -2.25. The molecule has 1 aromatic heterocycles. The number of amides is 2. The van der Waals surface area contributed by atoms with Crippen molar-refractivity contribution < 1.29 is 18.4 Å². The molecular formula is C23H20BrFN2O3. The summed E-state index contributed by atoms with van der Waals surface area (Å²) in [5, 5.41) is 2.75. The van der Waals surface area contributed by atoms with Gasteiger partial charge in [0.1, 0.15) is 5.82 Å². The van der Waals surface area contributed by atoms with E-state index in [1.807, 2.05) is 11.0 Å². The Morgan fingerprint density at radius 2 is 1.97 bits per heavy atom. The quantitative estimate of drug-likeness (QED) is 0.551. The highest BCUT2D eigenvalue weighted by molar-refractivity contribution is 9.10. The predicted molar refractivity (Wildman–Crippen MR) is 115 cm³/mol. The van der Waals surface area contributed by atoms with Crippen molar-refractivity contribution in [2.24, 2.45) is 0 Å². The maximum absolute atomic E-state index is 13.5. The van der Waals surface area contributed by atoms with Gasteiger partial charge in [-0.3, -0.25) is 9.59 Å². The third-order valence-corrected chi connectivity index (χ3v) is 5.59. The Morgan fingerprint density at radius 3 is 2.73 bits per heavy atom. The van der Waals surface area contributed by atoms with Crippen molar-refractivity contribution in [2.45, 2.75) is 25.3 Å². The predicted octanol–water partition coefficient (Wildman–Crippen LogP) is 5.28. The van der Waals surface area contributed by atoms with Crippen LogP contribution in [0.15, 0.2) is 69.8 Å². The van der Waals surface area contributed by atoms with E-state index in [4.69, 9.17) is 4.42 Å². The van der Waals surface area contributed by atoms with Crippen LogP contribution in [0.2, 0.25) is 0 Å². The molecular weight excluding hydrogens is 451 g/mol. The minimum absolute atomic E-state index is 0.0259. The molecule has 1 N–H and O–H groups in total. The molecule has 3 aromatic rings. The fraction of sp³-hybridized carbons (Fsp3) is 0.217. The summed E-state index contributed by atoms with van der Waals surface area (Å²) in [5.74, 6) is -0.579. The van der Waals surface area contributed by atoms with Gasteiger partial charge in [0.2, 0.25) is 0 Å². The lowest BCUT2D eigenvalue weighted by atomic mass is 10.0. The van der Waals surface area contributed by atoms with Gasteiger partial charge >= 0.3 is 0 Å². The maximum atomic E-state index is 13.5. The number of hydrogen-bond donors (Lipinski definition) is 1. The molecule has 1 unspecified atom stereocenters. The Labute approximate surface area is 182 Å². The van der Waals surface area contributed by atoms with Gasteiger partial charge in [0.05, 0.1) is 0 Å². The highest BCUT2D eigenvalue weighted by Crippen LogP contribution is 2.25. The summed E-state index contributed by atoms with van der Waals surface area (Å²) >= 11 is 3.17. The molecule has 1 aliphatic heterocycles. The second-order valence-corrected chi connectivity index (χ2v) is 8.05. The Balaban J connectivity index is 1.47. The number of carbonyl (C=O) groups is 2. The van der Waals surface area contributed by atoms with Crippen LogP contribution in [0.3, 0.4) is 0 Å². The molecule has 1 aliphatic rings. The molecule has 1 fully saturated rings. The molecule has 0 aliphatic carbocycles. The fourth-order valence-electron chi connectivity index (χ4n) is 3.78. The first-order chi connectivity index (χ1) is 14.5. The van der Waals surface area contributed by atoms with E-state index in [-0.39, 0.29) is 23.5 Å². The van der Waals surface area contributed by atoms with Crippen LogP contribution < -0.4 is 5.32 Å². The Morgan fingerprint density at radius 1 is 1.13 bits per heavy atom. The number of anilines is 1. The SMILES string of the molecule is O=C(Nc1cccc(C(=O)N2CCCC2Cc2cccc(F)c2)c1)c1ccc(Br)o1. The second-order valence-electron chi connectivity index (χ2n) is 7.27. The van der Waals surface area contributed by atoms with E-state index >= 15 is 0 Å². The Kier molecular flexibility index (Phi) is 5.99. The third-order valence-electron chi connectivity index (χ3n) is 5.16. The number of nitrogens with zero attached hydrogens (tertiary/aromatic N) is 1. The number of carbonyl (C=O) groups excluding carboxylic acids is 2. The first kappa shape index (κ1) is 20.3. The van der Waals surface area contributed by atoms with Crippen LogP contribution in [-0.4, -0.2) is 29.3 Å². The van der Waals surface area contributed by atoms with Gasteiger partial charge in [-0.2, -0.15) is 0 Å². The number of nitrogens with one attached hydrogen (secondary N) is 1. The molecule has 0 bridgehead atoms. The molecule has 1 atom stereocenters. The normalized spacial score (nSPS) is 15.9. The maximum Gasteiger partial charge on any atom is 0.291 e. The van der Waals surface area contributed by atoms with Crippen molar-refractivity contribution in [1.82, 2.24) is 4.90 Å². The Hall–Kier alpha value is -2.93. The summed E-state index contributed by atoms with van der Waals surface area (Å²) in [7, 11) is 0. The van der Waals surface area contributed by atoms with Gasteiger partial charge in [-0.1, -0.05) is 18.2 Å². The largest absolute Gasteiger partial charge is 0.444 e. The van der Waals surface area contributed by atoms with Crippen LogP contribution >= 0.6 is 15.9 Å². The minimum atomic E-state index is -0.393. The first-order valence-corrected chi connectivity index (χ1v) is 10.5. The second kappa shape index (κ2) is 8.83. The van der Waals surface area contributed by atoms with Gasteiger partial charge in [0.15, 0.2) is 10.4 Å². The molecule has 154 valence electrons. The van der Waals surface area contributed by atoms with E-state index < -0.39 is 5.91 Å². The number of benzene rings is 2. The molecule has 2 aromatic carbocycles. The number of likely N-dealkylation sites (tertiary alicyclic amines) is 1. The smallest absolute Gasteiger partial charge is 0.291 e. The standard InChI is InChI=1S/C23H20BrFN2O3/c24-21-10-9-20(30-21)22(28)26-18-7-2-5-16(14-18)23(29)27-11-3-8-19(27)13-15-4-1-6-17(25)12-15/h1-2,4-7,9-10,12,14,19H,3,8,11,13H2,(H,26,28). The highest BCUT2D eigenvalue weighted by Gasteiger charge is 2.29. The lowest BCUT2D eigenvalue weighted by molar-refractivity contribution is 0.0736. The van der Waals surface area contributed by atoms with Gasteiger partial charge in [0.25, 0.3) is 11.8 Å². The highest BCUT2D eigenvalue weighted by atomic mass is 79.9. The molecule has 30 heavy (non-hydrogen) atoms. The van der Waals surface area contributed by atoms with Crippen molar-refractivity contribution >= 4 is 33.4 Å². The van der Waals surface area contributed by atoms with Crippen LogP contribution in [0.25, 0.3) is 0 Å². The van der Waals surface area contributed by atoms with E-state index in [1.54, 1.807) is 42.5 Å². The summed E-state index contributed by atoms with van der Waals surface area (Å²) in [6.07, 6.45) is 2.41. The average molecular weight is 471 g/mol. The van der Waals surface area contributed by atoms with Crippen LogP contribution in [0, 0.1) is 5.82 Å². The lowest BCUT2D eigenvalue weighted by Crippen LogP contribution is -2.36. The first-order valence-electron chi connectivity index (χ1n) is 9.72. The van der Waals surface area contributed by atoms with Crippen LogP contribution in [0.4, 0.5) is 10.1 Å². The van der Waals surface area contributed by atoms with Crippen molar-refractivity contribution in [3.05, 3.63) is 88.0 Å². The summed E-state index contributed by atoms with van der Waals surface area (Å²) in [5.41, 5.74) is 1.89. The van der Waals surface area contributed by atoms with Gasteiger partial charge in [-0.25, -0.2) is 4.39 Å². The molecule has 4 rings (SSSR count). The zero-order valence-corrected chi connectivity index (χ0v) is 17.7. The summed E-state index contributed by atoms with van der Waals surface area (Å²) in [6.45, 7) is 0.663. The minimum Gasteiger partial charge on any atom is -0.444 e. The topological polar surface area (TPSA) is 62.6 Å². The van der Waals surface area contributed by atoms with Crippen LogP contribution in [-0.2, 0) is 6.42 Å². The van der Waals surface area contributed by atoms with E-state index in [2.05, 4.69) is 21.2 Å². The van der Waals surface area contributed by atoms with Gasteiger partial charge in [-0.15, -0.1) is 0 Å². The fourth-order valence-corrected chi connectivity index (χ4v) is 4.08. The van der Waals surface area contributed by atoms with E-state index in [9.17, 15) is 14.0 Å². The monoisotopic (exact) mass is 470 g/mol. The van der Waals surface area contributed by atoms with Crippen LogP contribution in [0.1, 0.15) is 39.3 Å². The van der Waals surface area contributed by atoms with Crippen molar-refractivity contribution in [2.75, 3.05) is 11.9 Å². The van der Waals surface area contributed by atoms with Crippen molar-refractivity contribution in [1.29, 1.82) is 0 Å². The molecule has 1 saturated heterocycles. The van der Waals surface area contributed by atoms with Crippen LogP contribution in [0.5, 0.6) is 0 Å². The van der Waals surface area contributed by atoms with E-state index in [0.29, 0.717) is 28.9 Å². The Bertz CT molecular complexity index is 1080. The molecule has 2 amide bonds. The molecule has 0 radical (unpaired) electrons. The van der Waals surface area contributed by atoms with E-state index in [0.717, 1.165) is 18.4 Å². The summed E-state index contributed by atoms with van der Waals surface area (Å²) in [6, 6.07) is 16.6. The van der Waals surface area contributed by atoms with Crippen molar-refractivity contribution in [3.8, 4) is 0 Å². The van der Waals surface area contributed by atoms with Crippen molar-refractivity contribution in [3.63, 3.8) is 0 Å². The number of furan rings is 1. The van der Waals surface area contributed by atoms with Gasteiger partial charge in [-0.05, 0) is 83.2 Å². The zero-order valence-electron chi connectivity index (χ0n) is 16.1. The molecule has 7 heteroatoms. The van der Waals surface area contributed by atoms with Gasteiger partial charge < -0.3 is 14.6 Å². The molecule has 0 saturated carbocycles. The number of rotatable bonds is 5. The van der Waals surface area contributed by atoms with Gasteiger partial charge in [0, 0.05) is 23.8 Å². The molecule has 5 nitrogen and oxygen atoms in total.